The van der Waals surface area contributed by atoms with Gasteiger partial charge in [0.05, 0.1) is 0 Å². The quantitative estimate of drug-likeness (QED) is 0.711. The van der Waals surface area contributed by atoms with Gasteiger partial charge in [-0.2, -0.15) is 0 Å². The van der Waals surface area contributed by atoms with E-state index in [-0.39, 0.29) is 5.91 Å². The maximum atomic E-state index is 12.0. The number of carbonyl (C=O) groups is 1. The lowest BCUT2D eigenvalue weighted by atomic mass is 9.88. The molecular weight excluding hydrogens is 212 g/mol. The smallest absolute Gasteiger partial charge is 0.222 e. The molecule has 1 unspecified atom stereocenters. The van der Waals surface area contributed by atoms with Crippen LogP contribution >= 0.6 is 0 Å². The van der Waals surface area contributed by atoms with Gasteiger partial charge in [-0.15, -0.1) is 0 Å². The largest absolute Gasteiger partial charge is 0.341 e. The predicted molar refractivity (Wildman–Crippen MR) is 73.8 cm³/mol. The molecule has 0 aromatic heterocycles. The SMILES string of the molecule is CCN(C(=O)CCC(CCN)C(C)C)C(C)C. The Hall–Kier alpha value is -0.570. The summed E-state index contributed by atoms with van der Waals surface area (Å²) in [4.78, 5) is 14.0. The van der Waals surface area contributed by atoms with Crippen LogP contribution in [0.1, 0.15) is 53.9 Å². The average molecular weight is 242 g/mol. The summed E-state index contributed by atoms with van der Waals surface area (Å²) in [5.74, 6) is 1.47. The Morgan fingerprint density at radius 1 is 1.18 bits per heavy atom. The predicted octanol–water partition coefficient (Wildman–Crippen LogP) is 2.64. The summed E-state index contributed by atoms with van der Waals surface area (Å²) in [6.45, 7) is 12.1. The zero-order chi connectivity index (χ0) is 13.4. The summed E-state index contributed by atoms with van der Waals surface area (Å²) < 4.78 is 0. The molecule has 0 aliphatic carbocycles. The molecule has 102 valence electrons. The first kappa shape index (κ1) is 16.4. The van der Waals surface area contributed by atoms with E-state index in [0.29, 0.717) is 24.3 Å². The van der Waals surface area contributed by atoms with Gasteiger partial charge in [0.25, 0.3) is 0 Å². The van der Waals surface area contributed by atoms with Crippen molar-refractivity contribution in [2.45, 2.75) is 59.9 Å². The average Bonchev–Trinajstić information content (AvgIpc) is 2.24. The molecular formula is C14H30N2O. The fraction of sp³-hybridized carbons (Fsp3) is 0.929. The Morgan fingerprint density at radius 2 is 1.76 bits per heavy atom. The highest BCUT2D eigenvalue weighted by atomic mass is 16.2. The molecule has 0 spiro atoms. The van der Waals surface area contributed by atoms with Gasteiger partial charge in [0.2, 0.25) is 5.91 Å². The topological polar surface area (TPSA) is 46.3 Å². The summed E-state index contributed by atoms with van der Waals surface area (Å²) in [7, 11) is 0. The third-order valence-electron chi connectivity index (χ3n) is 3.49. The molecule has 2 N–H and O–H groups in total. The Kier molecular flexibility index (Phi) is 8.23. The minimum absolute atomic E-state index is 0.283. The molecule has 0 fully saturated rings. The molecule has 3 nitrogen and oxygen atoms in total. The van der Waals surface area contributed by atoms with E-state index < -0.39 is 0 Å². The highest BCUT2D eigenvalue weighted by Gasteiger charge is 2.18. The van der Waals surface area contributed by atoms with Crippen LogP contribution in [0, 0.1) is 11.8 Å². The van der Waals surface area contributed by atoms with Crippen molar-refractivity contribution in [2.24, 2.45) is 17.6 Å². The number of nitrogens with two attached hydrogens (primary N) is 1. The van der Waals surface area contributed by atoms with Crippen LogP contribution in [0.5, 0.6) is 0 Å². The summed E-state index contributed by atoms with van der Waals surface area (Å²) in [6.07, 6.45) is 2.66. The Morgan fingerprint density at radius 3 is 2.12 bits per heavy atom. The van der Waals surface area contributed by atoms with Crippen LogP contribution < -0.4 is 5.73 Å². The van der Waals surface area contributed by atoms with Crippen molar-refractivity contribution in [3.63, 3.8) is 0 Å². The first-order valence-corrected chi connectivity index (χ1v) is 6.93. The minimum Gasteiger partial charge on any atom is -0.341 e. The number of rotatable bonds is 8. The van der Waals surface area contributed by atoms with Gasteiger partial charge in [0.15, 0.2) is 0 Å². The molecule has 0 rings (SSSR count). The Balaban J connectivity index is 4.19. The van der Waals surface area contributed by atoms with Gasteiger partial charge in [-0.1, -0.05) is 13.8 Å². The zero-order valence-corrected chi connectivity index (χ0v) is 12.2. The van der Waals surface area contributed by atoms with Gasteiger partial charge in [-0.3, -0.25) is 4.79 Å². The molecule has 0 saturated carbocycles. The summed E-state index contributed by atoms with van der Waals surface area (Å²) in [6, 6.07) is 0.305. The molecule has 1 atom stereocenters. The minimum atomic E-state index is 0.283. The lowest BCUT2D eigenvalue weighted by molar-refractivity contribution is -0.133. The maximum absolute atomic E-state index is 12.0. The number of hydrogen-bond donors (Lipinski definition) is 1. The molecule has 0 bridgehead atoms. The van der Waals surface area contributed by atoms with Crippen molar-refractivity contribution in [1.82, 2.24) is 4.90 Å². The van der Waals surface area contributed by atoms with Gasteiger partial charge in [-0.05, 0) is 52.0 Å². The summed E-state index contributed by atoms with van der Waals surface area (Å²) in [5.41, 5.74) is 5.61. The normalized spacial score (nSPS) is 13.2. The van der Waals surface area contributed by atoms with E-state index in [1.165, 1.54) is 0 Å². The van der Waals surface area contributed by atoms with Crippen LogP contribution in [-0.4, -0.2) is 29.9 Å². The van der Waals surface area contributed by atoms with Crippen molar-refractivity contribution >= 4 is 5.91 Å². The number of amides is 1. The van der Waals surface area contributed by atoms with E-state index in [2.05, 4.69) is 27.7 Å². The number of hydrogen-bond acceptors (Lipinski definition) is 2. The van der Waals surface area contributed by atoms with E-state index in [4.69, 9.17) is 5.73 Å². The lowest BCUT2D eigenvalue weighted by Gasteiger charge is -2.27. The van der Waals surface area contributed by atoms with E-state index >= 15 is 0 Å². The molecule has 0 aromatic rings. The van der Waals surface area contributed by atoms with E-state index in [1.54, 1.807) is 0 Å². The summed E-state index contributed by atoms with van der Waals surface area (Å²) in [5, 5.41) is 0. The highest BCUT2D eigenvalue weighted by Crippen LogP contribution is 2.21. The van der Waals surface area contributed by atoms with Crippen molar-refractivity contribution in [1.29, 1.82) is 0 Å². The van der Waals surface area contributed by atoms with Gasteiger partial charge in [0.1, 0.15) is 0 Å². The Labute approximate surface area is 107 Å². The zero-order valence-electron chi connectivity index (χ0n) is 12.2. The highest BCUT2D eigenvalue weighted by molar-refractivity contribution is 5.76. The second-order valence-electron chi connectivity index (χ2n) is 5.39. The monoisotopic (exact) mass is 242 g/mol. The number of nitrogens with zero attached hydrogens (tertiary/aromatic N) is 1. The molecule has 0 aliphatic heterocycles. The lowest BCUT2D eigenvalue weighted by Crippen LogP contribution is -2.36. The third kappa shape index (κ3) is 6.06. The van der Waals surface area contributed by atoms with Crippen molar-refractivity contribution in [3.8, 4) is 0 Å². The van der Waals surface area contributed by atoms with Crippen LogP contribution in [0.25, 0.3) is 0 Å². The third-order valence-corrected chi connectivity index (χ3v) is 3.49. The van der Waals surface area contributed by atoms with Crippen LogP contribution in [0.3, 0.4) is 0 Å². The Bertz CT molecular complexity index is 214. The fourth-order valence-corrected chi connectivity index (χ4v) is 2.31. The molecule has 0 saturated heterocycles. The van der Waals surface area contributed by atoms with E-state index in [9.17, 15) is 4.79 Å². The van der Waals surface area contributed by atoms with Gasteiger partial charge in [-0.25, -0.2) is 0 Å². The molecule has 0 aromatic carbocycles. The fourth-order valence-electron chi connectivity index (χ4n) is 2.31. The molecule has 0 heterocycles. The summed E-state index contributed by atoms with van der Waals surface area (Å²) >= 11 is 0. The second-order valence-corrected chi connectivity index (χ2v) is 5.39. The van der Waals surface area contributed by atoms with Gasteiger partial charge >= 0.3 is 0 Å². The van der Waals surface area contributed by atoms with Crippen molar-refractivity contribution in [3.05, 3.63) is 0 Å². The van der Waals surface area contributed by atoms with Gasteiger partial charge < -0.3 is 10.6 Å². The molecule has 0 aliphatic rings. The maximum Gasteiger partial charge on any atom is 0.222 e. The van der Waals surface area contributed by atoms with Crippen molar-refractivity contribution < 1.29 is 4.79 Å². The van der Waals surface area contributed by atoms with Gasteiger partial charge in [0, 0.05) is 19.0 Å². The standard InChI is InChI=1S/C14H30N2O/c1-6-16(12(4)5)14(17)8-7-13(9-10-15)11(2)3/h11-13H,6-10,15H2,1-5H3. The second kappa shape index (κ2) is 8.51. The molecule has 17 heavy (non-hydrogen) atoms. The molecule has 3 heteroatoms. The van der Waals surface area contributed by atoms with Crippen LogP contribution in [0.4, 0.5) is 0 Å². The van der Waals surface area contributed by atoms with Crippen LogP contribution in [0.2, 0.25) is 0 Å². The molecule has 0 radical (unpaired) electrons. The first-order chi connectivity index (χ1) is 7.93. The first-order valence-electron chi connectivity index (χ1n) is 6.93. The van der Waals surface area contributed by atoms with Crippen molar-refractivity contribution in [2.75, 3.05) is 13.1 Å². The number of carbonyl (C=O) groups excluding carboxylic acids is 1. The van der Waals surface area contributed by atoms with E-state index in [1.807, 2.05) is 11.8 Å². The van der Waals surface area contributed by atoms with Crippen LogP contribution in [0.15, 0.2) is 0 Å². The van der Waals surface area contributed by atoms with E-state index in [0.717, 1.165) is 25.9 Å². The van der Waals surface area contributed by atoms with Crippen LogP contribution in [-0.2, 0) is 4.79 Å². The molecule has 1 amide bonds.